The number of rotatable bonds is 3. The monoisotopic (exact) mass is 237 g/mol. The molecule has 2 rings (SSSR count). The zero-order chi connectivity index (χ0) is 12.4. The summed E-state index contributed by atoms with van der Waals surface area (Å²) in [4.78, 5) is 22.0. The van der Waals surface area contributed by atoms with E-state index in [0.29, 0.717) is 11.3 Å². The number of methoxy groups -OCH3 is 1. The summed E-state index contributed by atoms with van der Waals surface area (Å²) in [6, 6.07) is 5.64. The summed E-state index contributed by atoms with van der Waals surface area (Å²) in [5.74, 6) is -0.477. The fourth-order valence-electron chi connectivity index (χ4n) is 1.67. The molecule has 0 saturated carbocycles. The Morgan fingerprint density at radius 2 is 2.06 bits per heavy atom. The van der Waals surface area contributed by atoms with Gasteiger partial charge >= 0.3 is 12.1 Å². The van der Waals surface area contributed by atoms with E-state index >= 15 is 0 Å². The first kappa shape index (κ1) is 11.3. The molecule has 0 radical (unpaired) electrons. The molecule has 6 heteroatoms. The van der Waals surface area contributed by atoms with Gasteiger partial charge in [-0.2, -0.15) is 0 Å². The number of cyclic esters (lactones) is 1. The van der Waals surface area contributed by atoms with Crippen molar-refractivity contribution >= 4 is 12.1 Å². The van der Waals surface area contributed by atoms with Crippen molar-refractivity contribution in [1.29, 1.82) is 0 Å². The van der Waals surface area contributed by atoms with E-state index in [1.54, 1.807) is 24.3 Å². The van der Waals surface area contributed by atoms with Gasteiger partial charge in [-0.3, -0.25) is 0 Å². The Bertz CT molecular complexity index is 442. The highest BCUT2D eigenvalue weighted by Gasteiger charge is 2.40. The molecule has 1 aliphatic rings. The molecule has 1 aromatic rings. The van der Waals surface area contributed by atoms with E-state index in [2.05, 4.69) is 5.32 Å². The molecular formula is C11H11NO5. The molecule has 1 amide bonds. The van der Waals surface area contributed by atoms with E-state index in [1.807, 2.05) is 0 Å². The van der Waals surface area contributed by atoms with E-state index in [4.69, 9.17) is 14.6 Å². The largest absolute Gasteiger partial charge is 0.497 e. The van der Waals surface area contributed by atoms with E-state index in [9.17, 15) is 9.59 Å². The Morgan fingerprint density at radius 1 is 1.41 bits per heavy atom. The van der Waals surface area contributed by atoms with Crippen LogP contribution in [0, 0.1) is 0 Å². The van der Waals surface area contributed by atoms with Crippen LogP contribution in [0.4, 0.5) is 4.79 Å². The van der Waals surface area contributed by atoms with Crippen molar-refractivity contribution in [3.05, 3.63) is 29.8 Å². The third-order valence-corrected chi connectivity index (χ3v) is 2.52. The number of hydrogen-bond acceptors (Lipinski definition) is 4. The number of carbonyl (C=O) groups is 2. The third-order valence-electron chi connectivity index (χ3n) is 2.52. The number of hydrogen-bond donors (Lipinski definition) is 2. The van der Waals surface area contributed by atoms with Crippen molar-refractivity contribution in [2.24, 2.45) is 0 Å². The van der Waals surface area contributed by atoms with Crippen LogP contribution in [0.5, 0.6) is 5.75 Å². The molecule has 0 aromatic heterocycles. The Hall–Kier alpha value is -2.24. The Labute approximate surface area is 97.1 Å². The molecule has 2 N–H and O–H groups in total. The first-order valence-electron chi connectivity index (χ1n) is 4.95. The second-order valence-corrected chi connectivity index (χ2v) is 3.56. The maximum Gasteiger partial charge on any atom is 0.408 e. The molecule has 90 valence electrons. The number of benzene rings is 1. The van der Waals surface area contributed by atoms with Crippen molar-refractivity contribution in [2.75, 3.05) is 7.11 Å². The summed E-state index contributed by atoms with van der Waals surface area (Å²) in [5, 5.41) is 11.2. The first-order chi connectivity index (χ1) is 8.11. The van der Waals surface area contributed by atoms with E-state index in [-0.39, 0.29) is 0 Å². The van der Waals surface area contributed by atoms with Crippen molar-refractivity contribution in [2.45, 2.75) is 12.1 Å². The molecular weight excluding hydrogens is 226 g/mol. The van der Waals surface area contributed by atoms with Gasteiger partial charge < -0.3 is 19.9 Å². The zero-order valence-electron chi connectivity index (χ0n) is 9.04. The minimum Gasteiger partial charge on any atom is -0.497 e. The van der Waals surface area contributed by atoms with Crippen LogP contribution in [0.1, 0.15) is 11.7 Å². The highest BCUT2D eigenvalue weighted by molar-refractivity contribution is 5.84. The van der Waals surface area contributed by atoms with Crippen LogP contribution in [0.2, 0.25) is 0 Å². The molecule has 0 unspecified atom stereocenters. The lowest BCUT2D eigenvalue weighted by Gasteiger charge is -2.13. The van der Waals surface area contributed by atoms with Crippen LogP contribution >= 0.6 is 0 Å². The standard InChI is InChI=1S/C11H11NO5/c1-16-7-4-2-6(3-5-7)9-8(10(13)14)12-11(15)17-9/h2-5,8-9H,1H3,(H,12,15)(H,13,14)/t8-,9+/m0/s1. The van der Waals surface area contributed by atoms with Crippen LogP contribution in [0.15, 0.2) is 24.3 Å². The lowest BCUT2D eigenvalue weighted by atomic mass is 10.0. The van der Waals surface area contributed by atoms with Gasteiger partial charge in [-0.15, -0.1) is 0 Å². The summed E-state index contributed by atoms with van der Waals surface area (Å²) in [5.41, 5.74) is 0.608. The van der Waals surface area contributed by atoms with Crippen molar-refractivity contribution < 1.29 is 24.2 Å². The van der Waals surface area contributed by atoms with E-state index < -0.39 is 24.2 Å². The van der Waals surface area contributed by atoms with Gasteiger partial charge in [0.15, 0.2) is 12.1 Å². The van der Waals surface area contributed by atoms with Gasteiger partial charge in [-0.05, 0) is 17.7 Å². The second-order valence-electron chi connectivity index (χ2n) is 3.56. The summed E-state index contributed by atoms with van der Waals surface area (Å²) in [6.45, 7) is 0. The molecule has 17 heavy (non-hydrogen) atoms. The smallest absolute Gasteiger partial charge is 0.408 e. The molecule has 1 fully saturated rings. The SMILES string of the molecule is COc1ccc([C@H]2OC(=O)N[C@@H]2C(=O)O)cc1. The van der Waals surface area contributed by atoms with Gasteiger partial charge in [-0.25, -0.2) is 9.59 Å². The Balaban J connectivity index is 2.25. The first-order valence-corrected chi connectivity index (χ1v) is 4.95. The number of carboxylic acid groups (broad SMARTS) is 1. The number of aliphatic carboxylic acids is 1. The number of carboxylic acids is 1. The summed E-state index contributed by atoms with van der Waals surface area (Å²) in [7, 11) is 1.53. The van der Waals surface area contributed by atoms with Crippen molar-refractivity contribution in [3.63, 3.8) is 0 Å². The number of nitrogens with one attached hydrogen (secondary N) is 1. The molecule has 6 nitrogen and oxygen atoms in total. The summed E-state index contributed by atoms with van der Waals surface area (Å²) < 4.78 is 9.91. The van der Waals surface area contributed by atoms with Gasteiger partial charge in [-0.1, -0.05) is 12.1 Å². The molecule has 1 heterocycles. The normalized spacial score (nSPS) is 22.8. The average Bonchev–Trinajstić information content (AvgIpc) is 2.72. The molecule has 2 atom stereocenters. The molecule has 0 bridgehead atoms. The fourth-order valence-corrected chi connectivity index (χ4v) is 1.67. The maximum atomic E-state index is 11.0. The van der Waals surface area contributed by atoms with Gasteiger partial charge in [0.2, 0.25) is 0 Å². The summed E-state index contributed by atoms with van der Waals surface area (Å²) >= 11 is 0. The molecule has 1 aromatic carbocycles. The Morgan fingerprint density at radius 3 is 2.59 bits per heavy atom. The van der Waals surface area contributed by atoms with Crippen molar-refractivity contribution in [3.8, 4) is 5.75 Å². The van der Waals surface area contributed by atoms with Crippen LogP contribution in [0.3, 0.4) is 0 Å². The lowest BCUT2D eigenvalue weighted by Crippen LogP contribution is -2.35. The molecule has 1 saturated heterocycles. The average molecular weight is 237 g/mol. The summed E-state index contributed by atoms with van der Waals surface area (Å²) in [6.07, 6.45) is -1.54. The third kappa shape index (κ3) is 2.15. The maximum absolute atomic E-state index is 11.0. The molecule has 0 spiro atoms. The highest BCUT2D eigenvalue weighted by atomic mass is 16.6. The topological polar surface area (TPSA) is 84.9 Å². The van der Waals surface area contributed by atoms with Crippen LogP contribution in [0.25, 0.3) is 0 Å². The predicted molar refractivity (Wildman–Crippen MR) is 56.8 cm³/mol. The van der Waals surface area contributed by atoms with Gasteiger partial charge in [0.25, 0.3) is 0 Å². The quantitative estimate of drug-likeness (QED) is 0.816. The fraction of sp³-hybridized carbons (Fsp3) is 0.273. The Kier molecular flexibility index (Phi) is 2.86. The lowest BCUT2D eigenvalue weighted by molar-refractivity contribution is -0.140. The van der Waals surface area contributed by atoms with Gasteiger partial charge in [0, 0.05) is 0 Å². The van der Waals surface area contributed by atoms with E-state index in [0.717, 1.165) is 0 Å². The molecule has 0 aliphatic carbocycles. The van der Waals surface area contributed by atoms with Crippen LogP contribution < -0.4 is 10.1 Å². The number of alkyl carbamates (subject to hydrolysis) is 1. The number of ether oxygens (including phenoxy) is 2. The van der Waals surface area contributed by atoms with Gasteiger partial charge in [0.1, 0.15) is 5.75 Å². The zero-order valence-corrected chi connectivity index (χ0v) is 9.04. The minimum absolute atomic E-state index is 0.608. The highest BCUT2D eigenvalue weighted by Crippen LogP contribution is 2.27. The van der Waals surface area contributed by atoms with Gasteiger partial charge in [0.05, 0.1) is 7.11 Å². The van der Waals surface area contributed by atoms with E-state index in [1.165, 1.54) is 7.11 Å². The number of carbonyl (C=O) groups excluding carboxylic acids is 1. The van der Waals surface area contributed by atoms with Crippen LogP contribution in [-0.2, 0) is 9.53 Å². The molecule has 1 aliphatic heterocycles. The predicted octanol–water partition coefficient (Wildman–Crippen LogP) is 0.929. The second kappa shape index (κ2) is 4.32. The van der Waals surface area contributed by atoms with Crippen LogP contribution in [-0.4, -0.2) is 30.3 Å². The number of amides is 1. The minimum atomic E-state index is -1.13. The van der Waals surface area contributed by atoms with Crippen molar-refractivity contribution in [1.82, 2.24) is 5.32 Å².